The van der Waals surface area contributed by atoms with Crippen LogP contribution in [0, 0.1) is 6.92 Å². The summed E-state index contributed by atoms with van der Waals surface area (Å²) in [6.45, 7) is 6.81. The quantitative estimate of drug-likeness (QED) is 0.466. The van der Waals surface area contributed by atoms with Crippen molar-refractivity contribution in [3.63, 3.8) is 0 Å². The van der Waals surface area contributed by atoms with Crippen LogP contribution in [0.25, 0.3) is 10.9 Å². The number of rotatable bonds is 6. The predicted octanol–water partition coefficient (Wildman–Crippen LogP) is 3.54. The Morgan fingerprint density at radius 3 is 3.00 bits per heavy atom. The van der Waals surface area contributed by atoms with Crippen LogP contribution in [0.3, 0.4) is 0 Å². The minimum Gasteiger partial charge on any atom is -0.268 e. The predicted molar refractivity (Wildman–Crippen MR) is 119 cm³/mol. The number of hydrazone groups is 1. The van der Waals surface area contributed by atoms with Gasteiger partial charge in [0.15, 0.2) is 0 Å². The van der Waals surface area contributed by atoms with E-state index < -0.39 is 0 Å². The van der Waals surface area contributed by atoms with Gasteiger partial charge in [0.2, 0.25) is 0 Å². The number of hydrogen-bond acceptors (Lipinski definition) is 4. The number of carbonyl (C=O) groups is 1. The van der Waals surface area contributed by atoms with Gasteiger partial charge in [-0.25, -0.2) is 5.01 Å². The number of aryl methyl sites for hydroxylation is 2. The molecule has 0 N–H and O–H groups in total. The van der Waals surface area contributed by atoms with E-state index in [-0.39, 0.29) is 11.9 Å². The fourth-order valence-corrected chi connectivity index (χ4v) is 4.18. The van der Waals surface area contributed by atoms with Crippen molar-refractivity contribution in [3.8, 4) is 0 Å². The van der Waals surface area contributed by atoms with E-state index in [0.717, 1.165) is 34.6 Å². The van der Waals surface area contributed by atoms with Gasteiger partial charge >= 0.3 is 0 Å². The SMILES string of the molecule is C=C(CCCn1ncc2ccncc21)C(=O)N1N=CCC1c1cc(C)cc(P)c1. The normalized spacial score (nSPS) is 15.9. The molecule has 1 amide bonds. The summed E-state index contributed by atoms with van der Waals surface area (Å²) in [6.07, 6.45) is 9.32. The third kappa shape index (κ3) is 4.13. The third-order valence-electron chi connectivity index (χ3n) is 5.14. The summed E-state index contributed by atoms with van der Waals surface area (Å²) in [7, 11) is 2.73. The number of hydrogen-bond donors (Lipinski definition) is 0. The van der Waals surface area contributed by atoms with Crippen molar-refractivity contribution < 1.29 is 4.79 Å². The second-order valence-electron chi connectivity index (χ2n) is 7.39. The number of benzene rings is 1. The molecule has 3 aromatic rings. The molecule has 148 valence electrons. The van der Waals surface area contributed by atoms with E-state index >= 15 is 0 Å². The van der Waals surface area contributed by atoms with Crippen molar-refractivity contribution in [1.29, 1.82) is 0 Å². The maximum atomic E-state index is 13.0. The van der Waals surface area contributed by atoms with Crippen LogP contribution in [0.2, 0.25) is 0 Å². The molecule has 6 nitrogen and oxygen atoms in total. The monoisotopic (exact) mass is 405 g/mol. The zero-order valence-corrected chi connectivity index (χ0v) is 17.6. The van der Waals surface area contributed by atoms with Crippen LogP contribution in [0.1, 0.15) is 36.4 Å². The lowest BCUT2D eigenvalue weighted by Crippen LogP contribution is -2.28. The van der Waals surface area contributed by atoms with Crippen LogP contribution in [-0.4, -0.2) is 31.9 Å². The smallest absolute Gasteiger partial charge is 0.268 e. The first-order valence-corrected chi connectivity index (χ1v) is 10.3. The Bertz CT molecular complexity index is 1080. The fraction of sp³-hybridized carbons (Fsp3) is 0.273. The molecule has 0 saturated heterocycles. The second-order valence-corrected chi connectivity index (χ2v) is 8.05. The number of pyridine rings is 1. The Hall–Kier alpha value is -2.85. The van der Waals surface area contributed by atoms with Gasteiger partial charge in [0.1, 0.15) is 0 Å². The number of amides is 1. The van der Waals surface area contributed by atoms with E-state index in [1.54, 1.807) is 11.2 Å². The summed E-state index contributed by atoms with van der Waals surface area (Å²) in [5.41, 5.74) is 3.85. The molecule has 7 heteroatoms. The number of aromatic nitrogens is 3. The van der Waals surface area contributed by atoms with Crippen LogP contribution in [0.5, 0.6) is 0 Å². The Labute approximate surface area is 172 Å². The first kappa shape index (κ1) is 19.5. The minimum atomic E-state index is -0.109. The molecule has 2 aromatic heterocycles. The van der Waals surface area contributed by atoms with Gasteiger partial charge in [-0.3, -0.25) is 14.5 Å². The maximum absolute atomic E-state index is 13.0. The van der Waals surface area contributed by atoms with E-state index in [2.05, 4.69) is 56.1 Å². The highest BCUT2D eigenvalue weighted by molar-refractivity contribution is 7.27. The molecule has 4 rings (SSSR count). The topological polar surface area (TPSA) is 63.4 Å². The molecule has 29 heavy (non-hydrogen) atoms. The van der Waals surface area contributed by atoms with Crippen LogP contribution < -0.4 is 5.30 Å². The zero-order chi connectivity index (χ0) is 20.4. The molecule has 0 radical (unpaired) electrons. The first-order chi connectivity index (χ1) is 14.0. The molecule has 0 bridgehead atoms. The van der Waals surface area contributed by atoms with Crippen molar-refractivity contribution in [3.05, 3.63) is 66.1 Å². The standard InChI is InChI=1S/C22H24N5OP/c1-15-10-18(12-19(29)11-15)20-6-8-24-27(20)22(28)16(2)4-3-9-26-21-14-23-7-5-17(21)13-25-26/h5,7-8,10-14,20H,2-4,6,9,29H2,1H3. The average Bonchev–Trinajstić information content (AvgIpc) is 3.34. The molecule has 0 fully saturated rings. The Kier molecular flexibility index (Phi) is 5.54. The molecule has 0 aliphatic carbocycles. The molecule has 1 aliphatic heterocycles. The van der Waals surface area contributed by atoms with Crippen molar-refractivity contribution in [2.75, 3.05) is 0 Å². The Balaban J connectivity index is 1.39. The summed E-state index contributed by atoms with van der Waals surface area (Å²) in [6, 6.07) is 8.19. The van der Waals surface area contributed by atoms with E-state index in [0.29, 0.717) is 18.5 Å². The molecular formula is C22H24N5OP. The lowest BCUT2D eigenvalue weighted by Gasteiger charge is -2.23. The minimum absolute atomic E-state index is 0.0698. The van der Waals surface area contributed by atoms with E-state index in [1.165, 1.54) is 5.56 Å². The van der Waals surface area contributed by atoms with Gasteiger partial charge < -0.3 is 0 Å². The van der Waals surface area contributed by atoms with E-state index in [4.69, 9.17) is 0 Å². The molecule has 0 saturated carbocycles. The molecule has 2 unspecified atom stereocenters. The maximum Gasteiger partial charge on any atom is 0.269 e. The molecule has 0 spiro atoms. The fourth-order valence-electron chi connectivity index (χ4n) is 3.73. The van der Waals surface area contributed by atoms with Gasteiger partial charge in [0.25, 0.3) is 5.91 Å². The molecular weight excluding hydrogens is 381 g/mol. The highest BCUT2D eigenvalue weighted by Gasteiger charge is 2.29. The average molecular weight is 405 g/mol. The summed E-state index contributed by atoms with van der Waals surface area (Å²) in [4.78, 5) is 17.1. The van der Waals surface area contributed by atoms with Gasteiger partial charge in [0.05, 0.1) is 24.0 Å². The Morgan fingerprint density at radius 1 is 1.31 bits per heavy atom. The van der Waals surface area contributed by atoms with Gasteiger partial charge in [-0.1, -0.05) is 24.3 Å². The van der Waals surface area contributed by atoms with Crippen LogP contribution in [0.15, 0.2) is 60.1 Å². The lowest BCUT2D eigenvalue weighted by atomic mass is 10.0. The first-order valence-electron chi connectivity index (χ1n) is 9.69. The van der Waals surface area contributed by atoms with Crippen LogP contribution in [0.4, 0.5) is 0 Å². The van der Waals surface area contributed by atoms with Gasteiger partial charge in [0, 0.05) is 36.3 Å². The van der Waals surface area contributed by atoms with Gasteiger partial charge in [-0.2, -0.15) is 10.2 Å². The zero-order valence-electron chi connectivity index (χ0n) is 16.5. The largest absolute Gasteiger partial charge is 0.269 e. The number of nitrogens with zero attached hydrogens (tertiary/aromatic N) is 5. The summed E-state index contributed by atoms with van der Waals surface area (Å²) < 4.78 is 1.92. The van der Waals surface area contributed by atoms with Gasteiger partial charge in [-0.05, 0) is 42.8 Å². The third-order valence-corrected chi connectivity index (χ3v) is 5.48. The Morgan fingerprint density at radius 2 is 2.17 bits per heavy atom. The highest BCUT2D eigenvalue weighted by atomic mass is 31.0. The van der Waals surface area contributed by atoms with Gasteiger partial charge in [-0.15, -0.1) is 9.24 Å². The second kappa shape index (κ2) is 8.26. The lowest BCUT2D eigenvalue weighted by molar-refractivity contribution is -0.129. The van der Waals surface area contributed by atoms with Crippen LogP contribution >= 0.6 is 9.24 Å². The summed E-state index contributed by atoms with van der Waals surface area (Å²) >= 11 is 0. The van der Waals surface area contributed by atoms with Crippen molar-refractivity contribution in [2.24, 2.45) is 5.10 Å². The molecule has 3 heterocycles. The van der Waals surface area contributed by atoms with Crippen molar-refractivity contribution >= 4 is 37.6 Å². The van der Waals surface area contributed by atoms with Crippen molar-refractivity contribution in [2.45, 2.75) is 38.8 Å². The van der Waals surface area contributed by atoms with E-state index in [9.17, 15) is 4.79 Å². The highest BCUT2D eigenvalue weighted by Crippen LogP contribution is 2.30. The molecule has 1 aromatic carbocycles. The molecule has 1 aliphatic rings. The van der Waals surface area contributed by atoms with Crippen molar-refractivity contribution in [1.82, 2.24) is 19.8 Å². The van der Waals surface area contributed by atoms with E-state index in [1.807, 2.05) is 29.4 Å². The molecule has 2 atom stereocenters. The summed E-state index contributed by atoms with van der Waals surface area (Å²) in [5, 5.41) is 12.5. The number of carbonyl (C=O) groups excluding carboxylic acids is 1. The number of fused-ring (bicyclic) bond motifs is 1. The summed E-state index contributed by atoms with van der Waals surface area (Å²) in [5.74, 6) is -0.109. The van der Waals surface area contributed by atoms with Crippen LogP contribution in [-0.2, 0) is 11.3 Å².